The summed E-state index contributed by atoms with van der Waals surface area (Å²) in [5, 5.41) is 17.0. The molecule has 1 fully saturated rings. The summed E-state index contributed by atoms with van der Waals surface area (Å²) in [6.45, 7) is -0.670. The van der Waals surface area contributed by atoms with E-state index in [1.165, 1.54) is 6.07 Å². The Bertz CT molecular complexity index is 1150. The van der Waals surface area contributed by atoms with E-state index >= 15 is 0 Å². The van der Waals surface area contributed by atoms with E-state index in [1.807, 2.05) is 0 Å². The molecule has 0 saturated heterocycles. The van der Waals surface area contributed by atoms with Gasteiger partial charge < -0.3 is 21.5 Å². The van der Waals surface area contributed by atoms with Crippen LogP contribution in [0.25, 0.3) is 11.3 Å². The van der Waals surface area contributed by atoms with Crippen molar-refractivity contribution in [3.05, 3.63) is 64.7 Å². The predicted molar refractivity (Wildman–Crippen MR) is 125 cm³/mol. The molecule has 1 aliphatic carbocycles. The fourth-order valence-corrected chi connectivity index (χ4v) is 4.11. The molecule has 32 heavy (non-hydrogen) atoms. The number of hydrogen-bond acceptors (Lipinski definition) is 5. The minimum atomic E-state index is -0.670. The molecule has 6 nitrogen and oxygen atoms in total. The Morgan fingerprint density at radius 3 is 2.66 bits per heavy atom. The number of aromatic nitrogens is 1. The first-order chi connectivity index (χ1) is 15.4. The van der Waals surface area contributed by atoms with Gasteiger partial charge in [0.25, 0.3) is 5.91 Å². The van der Waals surface area contributed by atoms with Crippen LogP contribution >= 0.6 is 11.6 Å². The SMILES string of the molecule is Nc1nc(-c2cc(Nc3ccc(Cl)cc3CF)ccc2O)ccc1C(=O)NC1CCCC1. The molecule has 1 heterocycles. The number of nitrogens with one attached hydrogen (secondary N) is 2. The second-order valence-electron chi connectivity index (χ2n) is 7.88. The molecule has 0 bridgehead atoms. The molecule has 2 aromatic carbocycles. The number of benzene rings is 2. The zero-order valence-corrected chi connectivity index (χ0v) is 18.1. The van der Waals surface area contributed by atoms with Gasteiger partial charge in [0.1, 0.15) is 18.2 Å². The molecule has 3 aromatic rings. The molecule has 1 aromatic heterocycles. The zero-order valence-electron chi connectivity index (χ0n) is 17.4. The summed E-state index contributed by atoms with van der Waals surface area (Å²) in [6.07, 6.45) is 4.18. The number of anilines is 3. The second kappa shape index (κ2) is 9.44. The highest BCUT2D eigenvalue weighted by molar-refractivity contribution is 6.30. The number of amides is 1. The summed E-state index contributed by atoms with van der Waals surface area (Å²) in [5.74, 6) is -0.143. The second-order valence-corrected chi connectivity index (χ2v) is 8.31. The lowest BCUT2D eigenvalue weighted by Gasteiger charge is -2.15. The van der Waals surface area contributed by atoms with E-state index in [1.54, 1.807) is 42.5 Å². The molecule has 0 radical (unpaired) electrons. The molecular formula is C24H24ClFN4O2. The highest BCUT2D eigenvalue weighted by Gasteiger charge is 2.20. The van der Waals surface area contributed by atoms with Crippen LogP contribution in [0.5, 0.6) is 5.75 Å². The lowest BCUT2D eigenvalue weighted by molar-refractivity contribution is 0.0938. The quantitative estimate of drug-likeness (QED) is 0.364. The van der Waals surface area contributed by atoms with Crippen molar-refractivity contribution in [2.75, 3.05) is 11.1 Å². The third kappa shape index (κ3) is 4.78. The minimum absolute atomic E-state index is 0.00688. The zero-order chi connectivity index (χ0) is 22.7. The van der Waals surface area contributed by atoms with Crippen LogP contribution in [0.3, 0.4) is 0 Å². The number of rotatable bonds is 6. The van der Waals surface area contributed by atoms with Gasteiger partial charge in [0.05, 0.1) is 11.3 Å². The summed E-state index contributed by atoms with van der Waals surface area (Å²) >= 11 is 5.95. The molecule has 8 heteroatoms. The number of phenols is 1. The maximum absolute atomic E-state index is 13.4. The molecule has 0 unspecified atom stereocenters. The van der Waals surface area contributed by atoms with Crippen molar-refractivity contribution in [3.8, 4) is 17.0 Å². The Balaban J connectivity index is 1.58. The van der Waals surface area contributed by atoms with Gasteiger partial charge in [-0.2, -0.15) is 0 Å². The van der Waals surface area contributed by atoms with Crippen molar-refractivity contribution in [2.24, 2.45) is 0 Å². The van der Waals surface area contributed by atoms with E-state index < -0.39 is 6.67 Å². The van der Waals surface area contributed by atoms with Crippen LogP contribution in [0.4, 0.5) is 21.6 Å². The molecular weight excluding hydrogens is 431 g/mol. The number of carbonyl (C=O) groups is 1. The maximum Gasteiger partial charge on any atom is 0.255 e. The van der Waals surface area contributed by atoms with Crippen LogP contribution in [-0.2, 0) is 6.67 Å². The van der Waals surface area contributed by atoms with Crippen molar-refractivity contribution in [1.82, 2.24) is 10.3 Å². The molecule has 1 aliphatic rings. The number of nitrogens with two attached hydrogens (primary N) is 1. The summed E-state index contributed by atoms with van der Waals surface area (Å²) in [4.78, 5) is 16.9. The lowest BCUT2D eigenvalue weighted by atomic mass is 10.1. The van der Waals surface area contributed by atoms with Crippen LogP contribution in [0, 0.1) is 0 Å². The highest BCUT2D eigenvalue weighted by Crippen LogP contribution is 2.34. The summed E-state index contributed by atoms with van der Waals surface area (Å²) in [7, 11) is 0. The number of hydrogen-bond donors (Lipinski definition) is 4. The molecule has 0 aliphatic heterocycles. The number of nitrogen functional groups attached to an aromatic ring is 1. The fraction of sp³-hybridized carbons (Fsp3) is 0.250. The fourth-order valence-electron chi connectivity index (χ4n) is 3.92. The van der Waals surface area contributed by atoms with Gasteiger partial charge in [0, 0.05) is 33.6 Å². The average molecular weight is 455 g/mol. The first-order valence-electron chi connectivity index (χ1n) is 10.5. The number of alkyl halides is 1. The van der Waals surface area contributed by atoms with E-state index in [4.69, 9.17) is 17.3 Å². The third-order valence-electron chi connectivity index (χ3n) is 5.62. The largest absolute Gasteiger partial charge is 0.507 e. The Morgan fingerprint density at radius 1 is 1.16 bits per heavy atom. The van der Waals surface area contributed by atoms with E-state index in [9.17, 15) is 14.3 Å². The van der Waals surface area contributed by atoms with Crippen molar-refractivity contribution in [3.63, 3.8) is 0 Å². The normalized spacial score (nSPS) is 13.8. The topological polar surface area (TPSA) is 100 Å². The maximum atomic E-state index is 13.4. The number of pyridine rings is 1. The lowest BCUT2D eigenvalue weighted by Crippen LogP contribution is -2.33. The summed E-state index contributed by atoms with van der Waals surface area (Å²) < 4.78 is 13.4. The van der Waals surface area contributed by atoms with E-state index in [0.29, 0.717) is 38.8 Å². The first kappa shape index (κ1) is 21.9. The summed E-state index contributed by atoms with van der Waals surface area (Å²) in [5.41, 5.74) is 8.85. The highest BCUT2D eigenvalue weighted by atomic mass is 35.5. The Labute approximate surface area is 190 Å². The molecule has 4 rings (SSSR count). The van der Waals surface area contributed by atoms with Crippen LogP contribution in [0.1, 0.15) is 41.6 Å². The van der Waals surface area contributed by atoms with Gasteiger partial charge in [0.15, 0.2) is 0 Å². The van der Waals surface area contributed by atoms with Crippen LogP contribution in [0.2, 0.25) is 5.02 Å². The van der Waals surface area contributed by atoms with Crippen molar-refractivity contribution < 1.29 is 14.3 Å². The van der Waals surface area contributed by atoms with Gasteiger partial charge in [-0.15, -0.1) is 0 Å². The van der Waals surface area contributed by atoms with Crippen LogP contribution in [0.15, 0.2) is 48.5 Å². The molecule has 1 amide bonds. The minimum Gasteiger partial charge on any atom is -0.507 e. The number of aromatic hydroxyl groups is 1. The van der Waals surface area contributed by atoms with Gasteiger partial charge in [0.2, 0.25) is 0 Å². The molecule has 0 spiro atoms. The molecule has 1 saturated carbocycles. The monoisotopic (exact) mass is 454 g/mol. The number of halogens is 2. The van der Waals surface area contributed by atoms with Gasteiger partial charge in [-0.1, -0.05) is 24.4 Å². The van der Waals surface area contributed by atoms with Crippen molar-refractivity contribution in [2.45, 2.75) is 38.4 Å². The van der Waals surface area contributed by atoms with Gasteiger partial charge in [-0.05, 0) is 61.4 Å². The molecule has 166 valence electrons. The van der Waals surface area contributed by atoms with E-state index in [-0.39, 0.29) is 23.5 Å². The smallest absolute Gasteiger partial charge is 0.255 e. The molecule has 0 atom stereocenters. The van der Waals surface area contributed by atoms with E-state index in [2.05, 4.69) is 15.6 Å². The number of carbonyl (C=O) groups excluding carboxylic acids is 1. The van der Waals surface area contributed by atoms with Gasteiger partial charge in [-0.3, -0.25) is 4.79 Å². The third-order valence-corrected chi connectivity index (χ3v) is 5.86. The van der Waals surface area contributed by atoms with Crippen LogP contribution in [-0.4, -0.2) is 22.0 Å². The van der Waals surface area contributed by atoms with Gasteiger partial charge in [-0.25, -0.2) is 9.37 Å². The standard InChI is InChI=1S/C24H24ClFN4O2/c25-15-5-8-20(14(11-15)13-26)28-17-6-10-22(31)19(12-17)21-9-7-18(23(27)30-21)24(32)29-16-3-1-2-4-16/h5-12,16,28,31H,1-4,13H2,(H2,27,30)(H,29,32). The average Bonchev–Trinajstić information content (AvgIpc) is 3.29. The Hall–Kier alpha value is -3.32. The molecule has 5 N–H and O–H groups in total. The van der Waals surface area contributed by atoms with Crippen molar-refractivity contribution >= 4 is 34.7 Å². The first-order valence-corrected chi connectivity index (χ1v) is 10.8. The van der Waals surface area contributed by atoms with Gasteiger partial charge >= 0.3 is 0 Å². The Kier molecular flexibility index (Phi) is 6.46. The van der Waals surface area contributed by atoms with Crippen molar-refractivity contribution in [1.29, 1.82) is 0 Å². The summed E-state index contributed by atoms with van der Waals surface area (Å²) in [6, 6.07) is 13.2. The number of phenolic OH excluding ortho intramolecular Hbond substituents is 1. The van der Waals surface area contributed by atoms with E-state index in [0.717, 1.165) is 25.7 Å². The van der Waals surface area contributed by atoms with Crippen LogP contribution < -0.4 is 16.4 Å². The number of nitrogens with zero attached hydrogens (tertiary/aromatic N) is 1. The Morgan fingerprint density at radius 2 is 1.94 bits per heavy atom. The predicted octanol–water partition coefficient (Wildman–Crippen LogP) is 5.58.